The van der Waals surface area contributed by atoms with Crippen LogP contribution in [-0.2, 0) is 38.1 Å². The van der Waals surface area contributed by atoms with Crippen molar-refractivity contribution in [2.75, 3.05) is 0 Å². The largest absolute Gasteiger partial charge is 0.460 e. The van der Waals surface area contributed by atoms with E-state index in [1.54, 1.807) is 0 Å². The Kier molecular flexibility index (Phi) is 17.5. The Morgan fingerprint density at radius 3 is 1.08 bits per heavy atom. The summed E-state index contributed by atoms with van der Waals surface area (Å²) in [6.07, 6.45) is 28.4. The van der Waals surface area contributed by atoms with Crippen molar-refractivity contribution in [1.29, 1.82) is 0 Å². The van der Waals surface area contributed by atoms with Crippen LogP contribution in [-0.4, -0.2) is 46.3 Å². The Bertz CT molecular complexity index is 2120. The van der Waals surface area contributed by atoms with Gasteiger partial charge in [-0.25, -0.2) is 0 Å². The van der Waals surface area contributed by atoms with Crippen LogP contribution in [0.4, 0.5) is 0 Å². The average molecular weight is 1100 g/mol. The second-order valence-corrected chi connectivity index (χ2v) is 33.1. The van der Waals surface area contributed by atoms with E-state index in [4.69, 9.17) is 18.9 Å². The van der Waals surface area contributed by atoms with Gasteiger partial charge in [0.15, 0.2) is 0 Å². The third-order valence-corrected chi connectivity index (χ3v) is 27.5. The van der Waals surface area contributed by atoms with Crippen molar-refractivity contribution in [3.05, 3.63) is 0 Å². The van der Waals surface area contributed by atoms with E-state index in [0.717, 1.165) is 97.7 Å². The molecular weight excluding hydrogens is 981 g/mol. The lowest BCUT2D eigenvalue weighted by atomic mass is 9.50. The van der Waals surface area contributed by atoms with E-state index in [-0.39, 0.29) is 70.0 Å². The molecule has 0 saturated heterocycles. The van der Waals surface area contributed by atoms with Gasteiger partial charge in [-0.2, -0.15) is 0 Å². The van der Waals surface area contributed by atoms with E-state index in [0.29, 0.717) is 65.1 Å². The van der Waals surface area contributed by atoms with Crippen LogP contribution >= 0.6 is 0 Å². The van der Waals surface area contributed by atoms with E-state index in [2.05, 4.69) is 83.1 Å². The maximum absolute atomic E-state index is 13.1. The normalized spacial score (nSPS) is 47.3. The third kappa shape index (κ3) is 12.0. The van der Waals surface area contributed by atoms with Crippen LogP contribution in [0.15, 0.2) is 0 Å². The lowest BCUT2D eigenvalue weighted by molar-refractivity contribution is -0.209. The van der Waals surface area contributed by atoms with Gasteiger partial charge in [0.05, 0.1) is 23.7 Å². The van der Waals surface area contributed by atoms with Crippen LogP contribution in [0.1, 0.15) is 252 Å². The Morgan fingerprint density at radius 2 is 0.722 bits per heavy atom. The molecule has 0 aromatic heterocycles. The summed E-state index contributed by atoms with van der Waals surface area (Å²) in [4.78, 5) is 50.4. The van der Waals surface area contributed by atoms with Gasteiger partial charge in [-0.15, -0.1) is 0 Å². The summed E-state index contributed by atoms with van der Waals surface area (Å²) in [6.45, 7) is 33.3. The van der Waals surface area contributed by atoms with Gasteiger partial charge in [0.2, 0.25) is 0 Å². The molecule has 8 heteroatoms. The predicted octanol–water partition coefficient (Wildman–Crippen LogP) is 16.9. The minimum Gasteiger partial charge on any atom is -0.460 e. The SMILES string of the molecule is CC1C2CC(C(=O)OC(C)(C)C)C(C2)C1C.CC1C2CC(C(=O)OC(C)(C)C3CCCCC3)C(C2)C1C.CC1C2CC(C(=O)OC3(C)C4CC5CC(C4)CC3C5)C(C2)C1C.CC1C2CC(C(=O)OC3(C)CCCCC3)C(C2)C1C. The van der Waals surface area contributed by atoms with Gasteiger partial charge < -0.3 is 18.9 Å². The molecule has 12 bridgehead atoms. The van der Waals surface area contributed by atoms with Gasteiger partial charge in [-0.1, -0.05) is 81.1 Å². The molecule has 448 valence electrons. The second-order valence-electron chi connectivity index (χ2n) is 33.1. The summed E-state index contributed by atoms with van der Waals surface area (Å²) < 4.78 is 23.9. The fourth-order valence-electron chi connectivity index (χ4n) is 21.7. The van der Waals surface area contributed by atoms with Gasteiger partial charge in [-0.05, 0) is 295 Å². The zero-order chi connectivity index (χ0) is 56.8. The first-order valence-electron chi connectivity index (χ1n) is 34.1. The first kappa shape index (κ1) is 60.0. The highest BCUT2D eigenvalue weighted by Crippen LogP contribution is 2.62. The number of ether oxygens (including phenoxy) is 4. The quantitative estimate of drug-likeness (QED) is 0.175. The molecule has 20 unspecified atom stereocenters. The molecule has 0 N–H and O–H groups in total. The average Bonchev–Trinajstić information content (AvgIpc) is 4.47. The molecule has 0 aromatic carbocycles. The molecule has 0 heterocycles. The van der Waals surface area contributed by atoms with E-state index in [1.807, 2.05) is 20.8 Å². The molecule has 0 amide bonds. The van der Waals surface area contributed by atoms with Crippen molar-refractivity contribution in [2.24, 2.45) is 148 Å². The summed E-state index contributed by atoms with van der Waals surface area (Å²) in [5.74, 6) is 16.4. The fourth-order valence-corrected chi connectivity index (χ4v) is 21.7. The van der Waals surface area contributed by atoms with Crippen LogP contribution in [0.5, 0.6) is 0 Å². The molecule has 0 spiro atoms. The van der Waals surface area contributed by atoms with E-state index in [9.17, 15) is 19.2 Å². The minimum absolute atomic E-state index is 0.0405. The zero-order valence-electron chi connectivity index (χ0n) is 53.0. The van der Waals surface area contributed by atoms with Crippen LogP contribution in [0.3, 0.4) is 0 Å². The topological polar surface area (TPSA) is 105 Å². The molecule has 14 aliphatic carbocycles. The smallest absolute Gasteiger partial charge is 0.309 e. The highest BCUT2D eigenvalue weighted by Gasteiger charge is 2.60. The number of hydrogen-bond donors (Lipinski definition) is 0. The monoisotopic (exact) mass is 1100 g/mol. The highest BCUT2D eigenvalue weighted by atomic mass is 16.6. The number of hydrogen-bond acceptors (Lipinski definition) is 8. The fraction of sp³-hybridized carbons (Fsp3) is 0.944. The van der Waals surface area contributed by atoms with Crippen molar-refractivity contribution < 1.29 is 38.1 Å². The molecule has 20 atom stereocenters. The minimum atomic E-state index is -0.340. The molecule has 14 rings (SSSR count). The standard InChI is InChI=1S/C21H32O2.C19H32O2.C17H28O2.C14H24O2/c1-11-12(2)18-9-15(11)10-19(18)20(22)23-21(3)16-5-13-4-14(7-16)8-17(21)6-13;1-12-13(2)16-10-14(12)11-17(16)18(20)21-19(3,4)15-8-6-5-7-9-15;1-11-12(2)14-9-13(11)10-15(14)16(18)19-17(3)7-5-4-6-8-17;1-8-9(2)11-6-10(8)7-12(11)13(15)16-14(3,4)5/h11-19H,4-10H2,1-3H3;12-17H,5-11H2,1-4H3;11-15H,4-10H2,1-3H3;8-12H,6-7H2,1-5H3. The van der Waals surface area contributed by atoms with Crippen molar-refractivity contribution in [1.82, 2.24) is 0 Å². The van der Waals surface area contributed by atoms with Gasteiger partial charge in [-0.3, -0.25) is 19.2 Å². The van der Waals surface area contributed by atoms with Gasteiger partial charge in [0.1, 0.15) is 22.4 Å². The molecule has 14 fully saturated rings. The lowest BCUT2D eigenvalue weighted by Gasteiger charge is -2.59. The number of carbonyl (C=O) groups is 4. The summed E-state index contributed by atoms with van der Waals surface area (Å²) >= 11 is 0. The Balaban J connectivity index is 0.000000120. The number of rotatable bonds is 8. The van der Waals surface area contributed by atoms with Crippen LogP contribution < -0.4 is 0 Å². The van der Waals surface area contributed by atoms with Gasteiger partial charge >= 0.3 is 23.9 Å². The second kappa shape index (κ2) is 23.0. The number of fused-ring (bicyclic) bond motifs is 8. The number of esters is 4. The molecule has 79 heavy (non-hydrogen) atoms. The first-order valence-corrected chi connectivity index (χ1v) is 34.1. The Labute approximate surface area is 481 Å². The molecule has 0 aliphatic heterocycles. The molecule has 14 aliphatic rings. The van der Waals surface area contributed by atoms with Crippen molar-refractivity contribution in [2.45, 2.75) is 274 Å². The maximum atomic E-state index is 13.1. The Hall–Kier alpha value is -2.12. The van der Waals surface area contributed by atoms with Crippen LogP contribution in [0.25, 0.3) is 0 Å². The first-order chi connectivity index (χ1) is 37.1. The zero-order valence-corrected chi connectivity index (χ0v) is 53.0. The summed E-state index contributed by atoms with van der Waals surface area (Å²) in [6, 6.07) is 0. The van der Waals surface area contributed by atoms with E-state index >= 15 is 0 Å². The molecule has 8 nitrogen and oxygen atoms in total. The van der Waals surface area contributed by atoms with Crippen molar-refractivity contribution in [3.8, 4) is 0 Å². The summed E-state index contributed by atoms with van der Waals surface area (Å²) in [7, 11) is 0. The Morgan fingerprint density at radius 1 is 0.380 bits per heavy atom. The predicted molar refractivity (Wildman–Crippen MR) is 314 cm³/mol. The van der Waals surface area contributed by atoms with Crippen LogP contribution in [0.2, 0.25) is 0 Å². The molecule has 0 aromatic rings. The summed E-state index contributed by atoms with van der Waals surface area (Å²) in [5, 5.41) is 0. The highest BCUT2D eigenvalue weighted by molar-refractivity contribution is 5.75. The molecule has 14 saturated carbocycles. The van der Waals surface area contributed by atoms with Gasteiger partial charge in [0.25, 0.3) is 0 Å². The van der Waals surface area contributed by atoms with Gasteiger partial charge in [0, 0.05) is 0 Å². The third-order valence-electron chi connectivity index (χ3n) is 27.5. The lowest BCUT2D eigenvalue weighted by Crippen LogP contribution is -2.58. The van der Waals surface area contributed by atoms with E-state index in [1.165, 1.54) is 109 Å². The maximum Gasteiger partial charge on any atom is 0.309 e. The van der Waals surface area contributed by atoms with Crippen molar-refractivity contribution in [3.63, 3.8) is 0 Å². The van der Waals surface area contributed by atoms with E-state index < -0.39 is 0 Å². The summed E-state index contributed by atoms with van der Waals surface area (Å²) in [5.41, 5.74) is -0.908. The van der Waals surface area contributed by atoms with Crippen LogP contribution in [0, 0.1) is 148 Å². The molecular formula is C71H116O8. The molecule has 0 radical (unpaired) electrons. The van der Waals surface area contributed by atoms with Crippen molar-refractivity contribution >= 4 is 23.9 Å². The number of carbonyl (C=O) groups excluding carboxylic acids is 4.